The summed E-state index contributed by atoms with van der Waals surface area (Å²) in [4.78, 5) is 12.4. The molecule has 0 aliphatic carbocycles. The number of carbonyl (C=O) groups excluding carboxylic acids is 1. The van der Waals surface area contributed by atoms with Crippen LogP contribution in [-0.2, 0) is 11.2 Å². The van der Waals surface area contributed by atoms with Gasteiger partial charge in [-0.2, -0.15) is 0 Å². The number of Topliss-reactive ketones (excluding diaryl/α,β-unsaturated/α-hetero) is 1. The first-order chi connectivity index (χ1) is 10.1. The molecule has 0 spiro atoms. The number of ether oxygens (including phenoxy) is 1. The Balaban J connectivity index is 1.72. The van der Waals surface area contributed by atoms with Crippen molar-refractivity contribution in [2.24, 2.45) is 0 Å². The van der Waals surface area contributed by atoms with Crippen molar-refractivity contribution in [1.29, 1.82) is 0 Å². The standard InChI is InChI=1S/C17H16ClNO2/c1-11-6-7-12(13(18)8-11)9-15(20)17-10-19-14-4-2-3-5-16(14)21-17/h2-8,17,19H,9-10H2,1H3. The number of nitrogens with one attached hydrogen (secondary N) is 1. The second kappa shape index (κ2) is 5.78. The Morgan fingerprint density at radius 1 is 1.33 bits per heavy atom. The van der Waals surface area contributed by atoms with Gasteiger partial charge in [0.05, 0.1) is 12.2 Å². The van der Waals surface area contributed by atoms with E-state index in [0.717, 1.165) is 22.6 Å². The van der Waals surface area contributed by atoms with Crippen LogP contribution >= 0.6 is 11.6 Å². The quantitative estimate of drug-likeness (QED) is 0.941. The molecule has 0 amide bonds. The van der Waals surface area contributed by atoms with E-state index in [-0.39, 0.29) is 12.2 Å². The van der Waals surface area contributed by atoms with Gasteiger partial charge in [-0.25, -0.2) is 0 Å². The molecule has 2 aromatic carbocycles. The Morgan fingerprint density at radius 3 is 2.95 bits per heavy atom. The molecule has 21 heavy (non-hydrogen) atoms. The number of hydrogen-bond acceptors (Lipinski definition) is 3. The fourth-order valence-electron chi connectivity index (χ4n) is 2.39. The maximum Gasteiger partial charge on any atom is 0.179 e. The van der Waals surface area contributed by atoms with E-state index in [4.69, 9.17) is 16.3 Å². The topological polar surface area (TPSA) is 38.3 Å². The Hall–Kier alpha value is -2.00. The third-order valence-electron chi connectivity index (χ3n) is 3.57. The van der Waals surface area contributed by atoms with Crippen molar-refractivity contribution in [3.63, 3.8) is 0 Å². The van der Waals surface area contributed by atoms with E-state index >= 15 is 0 Å². The summed E-state index contributed by atoms with van der Waals surface area (Å²) in [6.45, 7) is 2.46. The highest BCUT2D eigenvalue weighted by atomic mass is 35.5. The number of rotatable bonds is 3. The van der Waals surface area contributed by atoms with Crippen LogP contribution in [0, 0.1) is 6.92 Å². The van der Waals surface area contributed by atoms with E-state index in [2.05, 4.69) is 5.32 Å². The van der Waals surface area contributed by atoms with E-state index in [9.17, 15) is 4.79 Å². The van der Waals surface area contributed by atoms with E-state index < -0.39 is 6.10 Å². The number of carbonyl (C=O) groups is 1. The molecule has 3 rings (SSSR count). The SMILES string of the molecule is Cc1ccc(CC(=O)C2CNc3ccccc3O2)c(Cl)c1. The largest absolute Gasteiger partial charge is 0.479 e. The van der Waals surface area contributed by atoms with E-state index in [0.29, 0.717) is 11.6 Å². The zero-order valence-electron chi connectivity index (χ0n) is 11.7. The van der Waals surface area contributed by atoms with Crippen molar-refractivity contribution in [2.75, 3.05) is 11.9 Å². The highest BCUT2D eigenvalue weighted by Gasteiger charge is 2.25. The normalized spacial score (nSPS) is 16.6. The van der Waals surface area contributed by atoms with Crippen molar-refractivity contribution in [1.82, 2.24) is 0 Å². The average molecular weight is 302 g/mol. The number of fused-ring (bicyclic) bond motifs is 1. The number of benzene rings is 2. The fraction of sp³-hybridized carbons (Fsp3) is 0.235. The van der Waals surface area contributed by atoms with Crippen LogP contribution in [0.5, 0.6) is 5.75 Å². The zero-order valence-corrected chi connectivity index (χ0v) is 12.5. The summed E-state index contributed by atoms with van der Waals surface area (Å²) in [6.07, 6.45) is -0.189. The molecule has 1 heterocycles. The number of aryl methyl sites for hydroxylation is 1. The molecule has 1 unspecified atom stereocenters. The highest BCUT2D eigenvalue weighted by molar-refractivity contribution is 6.31. The van der Waals surface area contributed by atoms with E-state index in [1.165, 1.54) is 0 Å². The molecule has 0 saturated carbocycles. The van der Waals surface area contributed by atoms with Crippen molar-refractivity contribution in [3.8, 4) is 5.75 Å². The van der Waals surface area contributed by atoms with Gasteiger partial charge in [0.25, 0.3) is 0 Å². The van der Waals surface area contributed by atoms with Crippen LogP contribution in [0.2, 0.25) is 5.02 Å². The lowest BCUT2D eigenvalue weighted by molar-refractivity contribution is -0.124. The van der Waals surface area contributed by atoms with E-state index in [1.54, 1.807) is 0 Å². The average Bonchev–Trinajstić information content (AvgIpc) is 2.49. The van der Waals surface area contributed by atoms with Crippen molar-refractivity contribution < 1.29 is 9.53 Å². The number of anilines is 1. The van der Waals surface area contributed by atoms with Crippen LogP contribution in [-0.4, -0.2) is 18.4 Å². The Labute approximate surface area is 128 Å². The maximum atomic E-state index is 12.4. The summed E-state index contributed by atoms with van der Waals surface area (Å²) in [6, 6.07) is 13.4. The van der Waals surface area contributed by atoms with Crippen LogP contribution in [0.3, 0.4) is 0 Å². The minimum Gasteiger partial charge on any atom is -0.479 e. The fourth-order valence-corrected chi connectivity index (χ4v) is 2.69. The smallest absolute Gasteiger partial charge is 0.179 e. The minimum absolute atomic E-state index is 0.0303. The highest BCUT2D eigenvalue weighted by Crippen LogP contribution is 2.29. The lowest BCUT2D eigenvalue weighted by Gasteiger charge is -2.26. The zero-order chi connectivity index (χ0) is 14.8. The lowest BCUT2D eigenvalue weighted by Crippen LogP contribution is -2.38. The Kier molecular flexibility index (Phi) is 3.84. The summed E-state index contributed by atoms with van der Waals surface area (Å²) in [5.74, 6) is 0.750. The van der Waals surface area contributed by atoms with Gasteiger partial charge >= 0.3 is 0 Å². The minimum atomic E-state index is -0.475. The van der Waals surface area contributed by atoms with Gasteiger partial charge in [-0.15, -0.1) is 0 Å². The molecule has 0 bridgehead atoms. The molecule has 108 valence electrons. The molecular weight excluding hydrogens is 286 g/mol. The summed E-state index contributed by atoms with van der Waals surface area (Å²) in [5.41, 5.74) is 2.85. The molecule has 4 heteroatoms. The van der Waals surface area contributed by atoms with Crippen LogP contribution < -0.4 is 10.1 Å². The number of para-hydroxylation sites is 2. The molecule has 1 atom stereocenters. The van der Waals surface area contributed by atoms with Gasteiger partial charge < -0.3 is 10.1 Å². The molecule has 2 aromatic rings. The predicted octanol–water partition coefficient (Wildman–Crippen LogP) is 3.63. The van der Waals surface area contributed by atoms with E-state index in [1.807, 2.05) is 49.4 Å². The number of ketones is 1. The van der Waals surface area contributed by atoms with Gasteiger partial charge in [0.1, 0.15) is 5.75 Å². The summed E-state index contributed by atoms with van der Waals surface area (Å²) < 4.78 is 5.77. The predicted molar refractivity (Wildman–Crippen MR) is 84.2 cm³/mol. The summed E-state index contributed by atoms with van der Waals surface area (Å²) in [5, 5.41) is 3.86. The van der Waals surface area contributed by atoms with Gasteiger partial charge in [-0.05, 0) is 36.2 Å². The van der Waals surface area contributed by atoms with Crippen LogP contribution in [0.1, 0.15) is 11.1 Å². The third-order valence-corrected chi connectivity index (χ3v) is 3.92. The van der Waals surface area contributed by atoms with Crippen molar-refractivity contribution in [3.05, 3.63) is 58.6 Å². The first-order valence-corrected chi connectivity index (χ1v) is 7.28. The van der Waals surface area contributed by atoms with Gasteiger partial charge in [0.2, 0.25) is 0 Å². The second-order valence-electron chi connectivity index (χ2n) is 5.22. The van der Waals surface area contributed by atoms with Crippen molar-refractivity contribution >= 4 is 23.1 Å². The molecule has 0 radical (unpaired) electrons. The Morgan fingerprint density at radius 2 is 2.14 bits per heavy atom. The molecular formula is C17H16ClNO2. The first kappa shape index (κ1) is 14.0. The van der Waals surface area contributed by atoms with Gasteiger partial charge in [0, 0.05) is 11.4 Å². The van der Waals surface area contributed by atoms with Crippen LogP contribution in [0.15, 0.2) is 42.5 Å². The Bertz CT molecular complexity index is 684. The van der Waals surface area contributed by atoms with Gasteiger partial charge in [-0.1, -0.05) is 35.9 Å². The molecule has 1 aliphatic rings. The lowest BCUT2D eigenvalue weighted by atomic mass is 10.0. The monoisotopic (exact) mass is 301 g/mol. The molecule has 3 nitrogen and oxygen atoms in total. The summed E-state index contributed by atoms with van der Waals surface area (Å²) in [7, 11) is 0. The molecule has 0 aromatic heterocycles. The molecule has 0 saturated heterocycles. The van der Waals surface area contributed by atoms with Crippen LogP contribution in [0.4, 0.5) is 5.69 Å². The number of halogens is 1. The summed E-state index contributed by atoms with van der Waals surface area (Å²) >= 11 is 6.18. The number of hydrogen-bond donors (Lipinski definition) is 1. The van der Waals surface area contributed by atoms with Crippen LogP contribution in [0.25, 0.3) is 0 Å². The maximum absolute atomic E-state index is 12.4. The third kappa shape index (κ3) is 3.03. The van der Waals surface area contributed by atoms with Gasteiger partial charge in [-0.3, -0.25) is 4.79 Å². The van der Waals surface area contributed by atoms with Crippen molar-refractivity contribution in [2.45, 2.75) is 19.4 Å². The molecule has 1 N–H and O–H groups in total. The second-order valence-corrected chi connectivity index (χ2v) is 5.63. The molecule has 0 fully saturated rings. The van der Waals surface area contributed by atoms with Gasteiger partial charge in [0.15, 0.2) is 11.9 Å². The first-order valence-electron chi connectivity index (χ1n) is 6.91. The molecule has 1 aliphatic heterocycles.